The Hall–Kier alpha value is -1.88. The molecule has 1 aromatic carbocycles. The van der Waals surface area contributed by atoms with Crippen LogP contribution in [0.25, 0.3) is 0 Å². The van der Waals surface area contributed by atoms with E-state index in [4.69, 9.17) is 4.74 Å². The molecule has 1 aliphatic rings. The molecule has 0 aromatic heterocycles. The van der Waals surface area contributed by atoms with Crippen LogP contribution in [0.2, 0.25) is 0 Å². The van der Waals surface area contributed by atoms with Gasteiger partial charge in [-0.2, -0.15) is 0 Å². The topological polar surface area (TPSA) is 58.6 Å². The third-order valence-electron chi connectivity index (χ3n) is 4.18. The van der Waals surface area contributed by atoms with Gasteiger partial charge in [0.15, 0.2) is 6.10 Å². The fourth-order valence-corrected chi connectivity index (χ4v) is 3.01. The van der Waals surface area contributed by atoms with Gasteiger partial charge in [-0.25, -0.2) is 4.79 Å². The first-order valence-electron chi connectivity index (χ1n) is 8.22. The van der Waals surface area contributed by atoms with Gasteiger partial charge in [0.1, 0.15) is 0 Å². The van der Waals surface area contributed by atoms with Gasteiger partial charge in [0.25, 0.3) is 5.91 Å². The van der Waals surface area contributed by atoms with Gasteiger partial charge >= 0.3 is 5.97 Å². The van der Waals surface area contributed by atoms with Crippen molar-refractivity contribution in [1.82, 2.24) is 10.2 Å². The number of hydrogen-bond acceptors (Lipinski definition) is 4. The van der Waals surface area contributed by atoms with Crippen LogP contribution < -0.4 is 5.32 Å². The van der Waals surface area contributed by atoms with Crippen molar-refractivity contribution >= 4 is 11.9 Å². The lowest BCUT2D eigenvalue weighted by molar-refractivity contribution is -0.130. The Morgan fingerprint density at radius 2 is 1.91 bits per heavy atom. The van der Waals surface area contributed by atoms with Crippen LogP contribution in [0.15, 0.2) is 24.3 Å². The molecule has 0 aliphatic carbocycles. The number of nitrogens with one attached hydrogen (secondary N) is 1. The smallest absolute Gasteiger partial charge is 0.339 e. The lowest BCUT2D eigenvalue weighted by atomic mass is 9.98. The fraction of sp³-hybridized carbons (Fsp3) is 0.556. The maximum Gasteiger partial charge on any atom is 0.339 e. The van der Waals surface area contributed by atoms with Crippen LogP contribution in [-0.4, -0.2) is 48.1 Å². The Balaban J connectivity index is 1.89. The van der Waals surface area contributed by atoms with Crippen LogP contribution in [0.4, 0.5) is 0 Å². The minimum Gasteiger partial charge on any atom is -0.448 e. The molecule has 1 atom stereocenters. The maximum absolute atomic E-state index is 12.3. The first-order chi connectivity index (χ1) is 10.9. The molecular weight excluding hydrogens is 292 g/mol. The molecule has 0 bridgehead atoms. The quantitative estimate of drug-likeness (QED) is 0.815. The minimum absolute atomic E-state index is 0.222. The Bertz CT molecular complexity index is 561. The molecule has 5 nitrogen and oxygen atoms in total. The predicted molar refractivity (Wildman–Crippen MR) is 89.3 cm³/mol. The molecule has 23 heavy (non-hydrogen) atoms. The van der Waals surface area contributed by atoms with Gasteiger partial charge in [0, 0.05) is 31.6 Å². The molecular formula is C18H26N2O3. The summed E-state index contributed by atoms with van der Waals surface area (Å²) in [5.74, 6) is -0.640. The van der Waals surface area contributed by atoms with Crippen LogP contribution in [-0.2, 0) is 16.0 Å². The van der Waals surface area contributed by atoms with Crippen molar-refractivity contribution in [2.24, 2.45) is 0 Å². The largest absolute Gasteiger partial charge is 0.448 e. The Labute approximate surface area is 138 Å². The molecule has 0 fully saturated rings. The lowest BCUT2D eigenvalue weighted by Crippen LogP contribution is -2.46. The number of amides is 1. The van der Waals surface area contributed by atoms with Crippen molar-refractivity contribution in [2.75, 3.05) is 13.1 Å². The van der Waals surface area contributed by atoms with E-state index in [1.807, 2.05) is 12.1 Å². The van der Waals surface area contributed by atoms with Crippen LogP contribution in [0.3, 0.4) is 0 Å². The van der Waals surface area contributed by atoms with E-state index in [0.717, 1.165) is 12.1 Å². The molecule has 1 amide bonds. The van der Waals surface area contributed by atoms with Gasteiger partial charge < -0.3 is 10.1 Å². The third-order valence-corrected chi connectivity index (χ3v) is 4.18. The summed E-state index contributed by atoms with van der Waals surface area (Å²) >= 11 is 0. The zero-order chi connectivity index (χ0) is 17.0. The third kappa shape index (κ3) is 4.32. The van der Waals surface area contributed by atoms with Gasteiger partial charge in [-0.05, 0) is 39.3 Å². The first-order valence-corrected chi connectivity index (χ1v) is 8.22. The second kappa shape index (κ2) is 7.59. The number of esters is 1. The van der Waals surface area contributed by atoms with Gasteiger partial charge in [0.05, 0.1) is 5.56 Å². The number of hydrogen-bond donors (Lipinski definition) is 1. The first kappa shape index (κ1) is 17.5. The molecule has 126 valence electrons. The van der Waals surface area contributed by atoms with Crippen LogP contribution in [0, 0.1) is 0 Å². The zero-order valence-corrected chi connectivity index (χ0v) is 14.3. The van der Waals surface area contributed by atoms with Crippen LogP contribution in [0.1, 0.15) is 43.6 Å². The summed E-state index contributed by atoms with van der Waals surface area (Å²) in [7, 11) is 0. The molecule has 1 aromatic rings. The highest BCUT2D eigenvalue weighted by Crippen LogP contribution is 2.20. The second-order valence-corrected chi connectivity index (χ2v) is 6.47. The van der Waals surface area contributed by atoms with Gasteiger partial charge in [0.2, 0.25) is 0 Å². The summed E-state index contributed by atoms with van der Waals surface area (Å²) in [4.78, 5) is 26.5. The van der Waals surface area contributed by atoms with E-state index in [0.29, 0.717) is 30.6 Å². The molecule has 1 heterocycles. The van der Waals surface area contributed by atoms with Gasteiger partial charge in [-0.1, -0.05) is 18.2 Å². The number of ether oxygens (including phenoxy) is 1. The molecule has 1 aliphatic heterocycles. The van der Waals surface area contributed by atoms with Crippen LogP contribution >= 0.6 is 0 Å². The molecule has 0 radical (unpaired) electrons. The highest BCUT2D eigenvalue weighted by atomic mass is 16.5. The summed E-state index contributed by atoms with van der Waals surface area (Å²) in [6, 6.07) is 8.12. The van der Waals surface area contributed by atoms with E-state index in [1.54, 1.807) is 12.1 Å². The number of fused-ring (bicyclic) bond motifs is 1. The van der Waals surface area contributed by atoms with Crippen molar-refractivity contribution in [2.45, 2.75) is 52.3 Å². The Morgan fingerprint density at radius 3 is 2.57 bits per heavy atom. The average molecular weight is 318 g/mol. The summed E-state index contributed by atoms with van der Waals surface area (Å²) in [6.07, 6.45) is -0.296. The van der Waals surface area contributed by atoms with Crippen molar-refractivity contribution < 1.29 is 14.3 Å². The number of benzene rings is 1. The molecule has 1 unspecified atom stereocenters. The van der Waals surface area contributed by atoms with Crippen molar-refractivity contribution in [1.29, 1.82) is 0 Å². The average Bonchev–Trinajstić information content (AvgIpc) is 2.50. The monoisotopic (exact) mass is 318 g/mol. The summed E-state index contributed by atoms with van der Waals surface area (Å²) in [5, 5.41) is 2.89. The standard InChI is InChI=1S/C18H26N2O3/c1-12(2)20(13(3)4)10-9-19-17(21)16-11-14-7-5-6-8-15(14)18(22)23-16/h5-8,12-13,16H,9-11H2,1-4H3,(H,19,21). The van der Waals surface area contributed by atoms with Gasteiger partial charge in [-0.15, -0.1) is 0 Å². The Kier molecular flexibility index (Phi) is 5.77. The number of cyclic esters (lactones) is 1. The molecule has 1 N–H and O–H groups in total. The van der Waals surface area contributed by atoms with Crippen LogP contribution in [0.5, 0.6) is 0 Å². The highest BCUT2D eigenvalue weighted by molar-refractivity contribution is 5.95. The number of carbonyl (C=O) groups excluding carboxylic acids is 2. The lowest BCUT2D eigenvalue weighted by Gasteiger charge is -2.31. The van der Waals surface area contributed by atoms with Gasteiger partial charge in [-0.3, -0.25) is 9.69 Å². The SMILES string of the molecule is CC(C)N(CCNC(=O)C1Cc2ccccc2C(=O)O1)C(C)C. The molecule has 0 saturated heterocycles. The maximum atomic E-state index is 12.3. The Morgan fingerprint density at radius 1 is 1.26 bits per heavy atom. The number of nitrogens with zero attached hydrogens (tertiary/aromatic N) is 1. The predicted octanol–water partition coefficient (Wildman–Crippen LogP) is 2.00. The van der Waals surface area contributed by atoms with E-state index in [2.05, 4.69) is 37.9 Å². The molecule has 5 heteroatoms. The van der Waals surface area contributed by atoms with E-state index >= 15 is 0 Å². The van der Waals surface area contributed by atoms with E-state index in [1.165, 1.54) is 0 Å². The van der Waals surface area contributed by atoms with E-state index < -0.39 is 12.1 Å². The fourth-order valence-electron chi connectivity index (χ4n) is 3.01. The normalized spacial score (nSPS) is 17.3. The van der Waals surface area contributed by atoms with Crippen molar-refractivity contribution in [3.05, 3.63) is 35.4 Å². The molecule has 0 spiro atoms. The second-order valence-electron chi connectivity index (χ2n) is 6.47. The highest BCUT2D eigenvalue weighted by Gasteiger charge is 2.30. The summed E-state index contributed by atoms with van der Waals surface area (Å²) < 4.78 is 5.26. The van der Waals surface area contributed by atoms with Crippen molar-refractivity contribution in [3.63, 3.8) is 0 Å². The number of carbonyl (C=O) groups is 2. The van der Waals surface area contributed by atoms with E-state index in [-0.39, 0.29) is 5.91 Å². The summed E-state index contributed by atoms with van der Waals surface area (Å²) in [5.41, 5.74) is 1.43. The summed E-state index contributed by atoms with van der Waals surface area (Å²) in [6.45, 7) is 9.88. The van der Waals surface area contributed by atoms with E-state index in [9.17, 15) is 9.59 Å². The number of rotatable bonds is 6. The van der Waals surface area contributed by atoms with Crippen molar-refractivity contribution in [3.8, 4) is 0 Å². The minimum atomic E-state index is -0.732. The zero-order valence-electron chi connectivity index (χ0n) is 14.3. The molecule has 2 rings (SSSR count). The molecule has 0 saturated carbocycles.